The molecule has 0 spiro atoms. The number of anilines is 1. The molecule has 150 valence electrons. The van der Waals surface area contributed by atoms with E-state index in [0.717, 1.165) is 0 Å². The molecule has 9 heteroatoms. The molecule has 2 rings (SSSR count). The average molecular weight is 387 g/mol. The number of nitrogens with zero attached hydrogens (tertiary/aromatic N) is 1. The van der Waals surface area contributed by atoms with Crippen LogP contribution < -0.4 is 21.3 Å². The third-order valence-electron chi connectivity index (χ3n) is 4.74. The average Bonchev–Trinajstić information content (AvgIpc) is 3.01. The summed E-state index contributed by atoms with van der Waals surface area (Å²) in [5.74, 6) is -2.13. The molecule has 2 unspecified atom stereocenters. The van der Waals surface area contributed by atoms with Crippen molar-refractivity contribution in [3.05, 3.63) is 42.5 Å². The van der Waals surface area contributed by atoms with Crippen molar-refractivity contribution in [1.29, 1.82) is 5.41 Å². The molecule has 0 aliphatic carbocycles. The van der Waals surface area contributed by atoms with Gasteiger partial charge in [0, 0.05) is 17.8 Å². The predicted molar refractivity (Wildman–Crippen MR) is 105 cm³/mol. The fourth-order valence-corrected chi connectivity index (χ4v) is 3.15. The van der Waals surface area contributed by atoms with Crippen molar-refractivity contribution in [3.8, 4) is 0 Å². The van der Waals surface area contributed by atoms with E-state index < -0.39 is 30.0 Å². The van der Waals surface area contributed by atoms with E-state index in [9.17, 15) is 19.5 Å². The van der Waals surface area contributed by atoms with Gasteiger partial charge in [-0.1, -0.05) is 13.0 Å². The Morgan fingerprint density at radius 3 is 2.57 bits per heavy atom. The topological polar surface area (TPSA) is 149 Å². The normalized spacial score (nSPS) is 18.2. The lowest BCUT2D eigenvalue weighted by Crippen LogP contribution is -2.51. The van der Waals surface area contributed by atoms with E-state index in [0.29, 0.717) is 30.6 Å². The van der Waals surface area contributed by atoms with Crippen molar-refractivity contribution >= 4 is 29.4 Å². The Hall–Kier alpha value is -3.36. The number of urea groups is 1. The first-order chi connectivity index (χ1) is 13.3. The van der Waals surface area contributed by atoms with Crippen LogP contribution in [0, 0.1) is 11.3 Å². The quantitative estimate of drug-likeness (QED) is 0.257. The fraction of sp³-hybridized carbons (Fsp3) is 0.368. The van der Waals surface area contributed by atoms with E-state index >= 15 is 0 Å². The number of nitrogens with one attached hydrogen (secondary N) is 3. The van der Waals surface area contributed by atoms with Crippen molar-refractivity contribution in [2.24, 2.45) is 11.7 Å². The molecule has 1 heterocycles. The van der Waals surface area contributed by atoms with Crippen molar-refractivity contribution < 1.29 is 19.5 Å². The van der Waals surface area contributed by atoms with Gasteiger partial charge in [0.15, 0.2) is 0 Å². The molecule has 3 atom stereocenters. The van der Waals surface area contributed by atoms with Crippen LogP contribution >= 0.6 is 0 Å². The summed E-state index contributed by atoms with van der Waals surface area (Å²) in [5.41, 5.74) is 6.64. The molecule has 1 fully saturated rings. The Bertz CT molecular complexity index is 777. The fourth-order valence-electron chi connectivity index (χ4n) is 3.15. The highest BCUT2D eigenvalue weighted by Crippen LogP contribution is 2.22. The summed E-state index contributed by atoms with van der Waals surface area (Å²) < 4.78 is 0. The maximum atomic E-state index is 12.6. The van der Waals surface area contributed by atoms with Crippen LogP contribution in [0.5, 0.6) is 0 Å². The molecule has 6 N–H and O–H groups in total. The van der Waals surface area contributed by atoms with Crippen LogP contribution in [0.4, 0.5) is 10.5 Å². The molecular formula is C19H25N5O4. The van der Waals surface area contributed by atoms with Crippen LogP contribution in [0.25, 0.3) is 0 Å². The molecule has 0 radical (unpaired) electrons. The number of aliphatic carboxylic acids is 1. The molecule has 0 bridgehead atoms. The number of benzene rings is 1. The molecule has 28 heavy (non-hydrogen) atoms. The minimum Gasteiger partial charge on any atom is -0.481 e. The number of carbonyl (C=O) groups is 3. The molecule has 1 aromatic rings. The van der Waals surface area contributed by atoms with Gasteiger partial charge in [-0.15, -0.1) is 6.58 Å². The molecule has 1 aliphatic heterocycles. The maximum absolute atomic E-state index is 12.6. The number of carboxylic acids is 1. The number of carboxylic acid groups (broad SMARTS) is 1. The zero-order valence-corrected chi connectivity index (χ0v) is 15.6. The van der Waals surface area contributed by atoms with E-state index in [-0.39, 0.29) is 11.7 Å². The van der Waals surface area contributed by atoms with Crippen molar-refractivity contribution in [2.75, 3.05) is 11.4 Å². The van der Waals surface area contributed by atoms with Crippen molar-refractivity contribution in [2.45, 2.75) is 31.8 Å². The molecule has 9 nitrogen and oxygen atoms in total. The van der Waals surface area contributed by atoms with Gasteiger partial charge in [0.2, 0.25) is 5.91 Å². The van der Waals surface area contributed by atoms with Gasteiger partial charge in [-0.25, -0.2) is 4.79 Å². The SMILES string of the molecule is C=CC(NC(=O)N[C@H]1CCN(c2ccc(C(=N)N)cc2)C1=O)C(CC)C(=O)O. The van der Waals surface area contributed by atoms with E-state index in [1.54, 1.807) is 36.1 Å². The number of nitrogen functional groups attached to an aromatic ring is 1. The molecule has 3 amide bonds. The second-order valence-corrected chi connectivity index (χ2v) is 6.52. The van der Waals surface area contributed by atoms with Gasteiger partial charge in [-0.3, -0.25) is 15.0 Å². The highest BCUT2D eigenvalue weighted by Gasteiger charge is 2.34. The predicted octanol–water partition coefficient (Wildman–Crippen LogP) is 1.04. The Morgan fingerprint density at radius 1 is 1.43 bits per heavy atom. The minimum absolute atomic E-state index is 0.0565. The third kappa shape index (κ3) is 4.67. The summed E-state index contributed by atoms with van der Waals surface area (Å²) in [7, 11) is 0. The zero-order valence-electron chi connectivity index (χ0n) is 15.6. The summed E-state index contributed by atoms with van der Waals surface area (Å²) in [4.78, 5) is 37.7. The van der Waals surface area contributed by atoms with Crippen molar-refractivity contribution in [1.82, 2.24) is 10.6 Å². The number of amides is 3. The van der Waals surface area contributed by atoms with Gasteiger partial charge in [-0.05, 0) is 37.1 Å². The maximum Gasteiger partial charge on any atom is 0.315 e. The Kier molecular flexibility index (Phi) is 6.75. The van der Waals surface area contributed by atoms with E-state index in [2.05, 4.69) is 17.2 Å². The number of amidine groups is 1. The minimum atomic E-state index is -1.02. The number of hydrogen-bond acceptors (Lipinski definition) is 4. The second kappa shape index (κ2) is 9.03. The Morgan fingerprint density at radius 2 is 2.07 bits per heavy atom. The number of carbonyl (C=O) groups excluding carboxylic acids is 2. The lowest BCUT2D eigenvalue weighted by molar-refractivity contribution is -0.142. The summed E-state index contributed by atoms with van der Waals surface area (Å²) in [6.45, 7) is 5.72. The van der Waals surface area contributed by atoms with Crippen LogP contribution in [0.3, 0.4) is 0 Å². The monoisotopic (exact) mass is 387 g/mol. The lowest BCUT2D eigenvalue weighted by Gasteiger charge is -2.22. The Labute approximate surface area is 163 Å². The highest BCUT2D eigenvalue weighted by molar-refractivity contribution is 6.02. The first-order valence-electron chi connectivity index (χ1n) is 8.96. The summed E-state index contributed by atoms with van der Waals surface area (Å²) in [5, 5.41) is 21.8. The van der Waals surface area contributed by atoms with Crippen LogP contribution in [0.15, 0.2) is 36.9 Å². The first kappa shape index (κ1) is 20.9. The van der Waals surface area contributed by atoms with Gasteiger partial charge in [-0.2, -0.15) is 0 Å². The van der Waals surface area contributed by atoms with Crippen molar-refractivity contribution in [3.63, 3.8) is 0 Å². The first-order valence-corrected chi connectivity index (χ1v) is 8.96. The second-order valence-electron chi connectivity index (χ2n) is 6.52. The summed E-state index contributed by atoms with van der Waals surface area (Å²) >= 11 is 0. The van der Waals surface area contributed by atoms with Gasteiger partial charge in [0.1, 0.15) is 11.9 Å². The summed E-state index contributed by atoms with van der Waals surface area (Å²) in [6, 6.07) is 4.65. The summed E-state index contributed by atoms with van der Waals surface area (Å²) in [6.07, 6.45) is 2.13. The largest absolute Gasteiger partial charge is 0.481 e. The third-order valence-corrected chi connectivity index (χ3v) is 4.74. The number of hydrogen-bond donors (Lipinski definition) is 5. The van der Waals surface area contributed by atoms with E-state index in [4.69, 9.17) is 11.1 Å². The molecular weight excluding hydrogens is 362 g/mol. The van der Waals surface area contributed by atoms with Crippen LogP contribution in [0.2, 0.25) is 0 Å². The lowest BCUT2D eigenvalue weighted by atomic mass is 9.97. The molecule has 1 aliphatic rings. The van der Waals surface area contributed by atoms with Gasteiger partial charge in [0.05, 0.1) is 12.0 Å². The van der Waals surface area contributed by atoms with Crippen LogP contribution in [-0.2, 0) is 9.59 Å². The molecule has 1 saturated heterocycles. The molecule has 1 aromatic carbocycles. The van der Waals surface area contributed by atoms with Crippen LogP contribution in [-0.4, -0.2) is 47.5 Å². The smallest absolute Gasteiger partial charge is 0.315 e. The Balaban J connectivity index is 1.99. The van der Waals surface area contributed by atoms with Crippen LogP contribution in [0.1, 0.15) is 25.3 Å². The van der Waals surface area contributed by atoms with E-state index in [1.807, 2.05) is 0 Å². The van der Waals surface area contributed by atoms with Gasteiger partial charge < -0.3 is 26.4 Å². The van der Waals surface area contributed by atoms with Gasteiger partial charge >= 0.3 is 12.0 Å². The number of rotatable bonds is 8. The standard InChI is InChI=1S/C19H25N5O4/c1-3-13(18(26)27)14(4-2)22-19(28)23-15-9-10-24(17(15)25)12-7-5-11(6-8-12)16(20)21/h4-8,13-15H,2-3,9-10H2,1H3,(H3,20,21)(H,26,27)(H2,22,23,28)/t13?,14?,15-/m0/s1. The number of nitrogens with two attached hydrogens (primary N) is 1. The zero-order chi connectivity index (χ0) is 20.8. The van der Waals surface area contributed by atoms with Gasteiger partial charge in [0.25, 0.3) is 0 Å². The molecule has 0 aromatic heterocycles. The van der Waals surface area contributed by atoms with E-state index in [1.165, 1.54) is 6.08 Å². The highest BCUT2D eigenvalue weighted by atomic mass is 16.4. The molecule has 0 saturated carbocycles.